The molecular weight excluding hydrogens is 236 g/mol. The highest BCUT2D eigenvalue weighted by Gasteiger charge is 2.08. The van der Waals surface area contributed by atoms with E-state index in [2.05, 4.69) is 20.3 Å². The van der Waals surface area contributed by atoms with E-state index in [-0.39, 0.29) is 23.7 Å². The van der Waals surface area contributed by atoms with Crippen LogP contribution in [-0.4, -0.2) is 34.3 Å². The summed E-state index contributed by atoms with van der Waals surface area (Å²) in [6.45, 7) is 0. The molecule has 2 N–H and O–H groups in total. The Kier molecular flexibility index (Phi) is 3.42. The average molecular weight is 248 g/mol. The van der Waals surface area contributed by atoms with Crippen LogP contribution in [0.5, 0.6) is 17.8 Å². The number of methoxy groups -OCH3 is 2. The van der Waals surface area contributed by atoms with Gasteiger partial charge in [0.25, 0.3) is 0 Å². The first-order valence-corrected chi connectivity index (χ1v) is 5.12. The van der Waals surface area contributed by atoms with Crippen LogP contribution in [0, 0.1) is 0 Å². The summed E-state index contributed by atoms with van der Waals surface area (Å²) < 4.78 is 9.84. The molecular formula is C11H12N4O3. The van der Waals surface area contributed by atoms with E-state index in [1.807, 2.05) is 0 Å². The molecule has 94 valence electrons. The second-order valence-electron chi connectivity index (χ2n) is 3.27. The van der Waals surface area contributed by atoms with E-state index in [0.717, 1.165) is 0 Å². The van der Waals surface area contributed by atoms with Gasteiger partial charge < -0.3 is 19.9 Å². The molecule has 0 aliphatic rings. The number of ether oxygens (including phenoxy) is 2. The van der Waals surface area contributed by atoms with Crippen molar-refractivity contribution in [2.45, 2.75) is 0 Å². The molecule has 0 bridgehead atoms. The predicted octanol–water partition coefficient (Wildman–Crippen LogP) is 1.34. The van der Waals surface area contributed by atoms with Crippen LogP contribution in [0.15, 0.2) is 24.3 Å². The molecule has 1 aromatic heterocycles. The number of hydrogen-bond donors (Lipinski definition) is 2. The highest BCUT2D eigenvalue weighted by atomic mass is 16.5. The van der Waals surface area contributed by atoms with Crippen molar-refractivity contribution in [1.82, 2.24) is 15.0 Å². The number of hydrogen-bond acceptors (Lipinski definition) is 7. The highest BCUT2D eigenvalue weighted by molar-refractivity contribution is 5.61. The van der Waals surface area contributed by atoms with E-state index in [9.17, 15) is 5.11 Å². The summed E-state index contributed by atoms with van der Waals surface area (Å²) in [5.74, 6) is 0.316. The molecule has 0 radical (unpaired) electrons. The maximum atomic E-state index is 9.63. The Morgan fingerprint density at radius 1 is 1.00 bits per heavy atom. The van der Waals surface area contributed by atoms with Gasteiger partial charge in [0.1, 0.15) is 5.75 Å². The van der Waals surface area contributed by atoms with Crippen molar-refractivity contribution in [2.24, 2.45) is 0 Å². The first-order valence-electron chi connectivity index (χ1n) is 5.12. The highest BCUT2D eigenvalue weighted by Crippen LogP contribution is 2.25. The van der Waals surface area contributed by atoms with Gasteiger partial charge in [0.15, 0.2) is 0 Å². The SMILES string of the molecule is COc1nc(Nc2ccccc2O)nc(OC)n1. The molecule has 0 aliphatic heterocycles. The Morgan fingerprint density at radius 3 is 2.17 bits per heavy atom. The molecule has 0 saturated carbocycles. The van der Waals surface area contributed by atoms with Crippen molar-refractivity contribution in [3.8, 4) is 17.8 Å². The Hall–Kier alpha value is -2.57. The van der Waals surface area contributed by atoms with Crippen molar-refractivity contribution in [2.75, 3.05) is 19.5 Å². The monoisotopic (exact) mass is 248 g/mol. The minimum absolute atomic E-state index is 0.0934. The van der Waals surface area contributed by atoms with Crippen molar-refractivity contribution in [3.63, 3.8) is 0 Å². The number of rotatable bonds is 4. The van der Waals surface area contributed by atoms with Gasteiger partial charge in [-0.05, 0) is 12.1 Å². The van der Waals surface area contributed by atoms with Crippen molar-refractivity contribution >= 4 is 11.6 Å². The van der Waals surface area contributed by atoms with Crippen LogP contribution in [0.25, 0.3) is 0 Å². The normalized spacial score (nSPS) is 9.89. The Balaban J connectivity index is 2.31. The molecule has 7 heteroatoms. The first-order chi connectivity index (χ1) is 8.72. The average Bonchev–Trinajstić information content (AvgIpc) is 2.41. The predicted molar refractivity (Wildman–Crippen MR) is 64.3 cm³/mol. The van der Waals surface area contributed by atoms with E-state index in [1.165, 1.54) is 14.2 Å². The molecule has 1 heterocycles. The molecule has 0 spiro atoms. The van der Waals surface area contributed by atoms with Crippen LogP contribution >= 0.6 is 0 Å². The summed E-state index contributed by atoms with van der Waals surface area (Å²) in [4.78, 5) is 11.8. The fourth-order valence-electron chi connectivity index (χ4n) is 1.28. The maximum absolute atomic E-state index is 9.63. The lowest BCUT2D eigenvalue weighted by molar-refractivity contribution is 0.341. The van der Waals surface area contributed by atoms with Crippen LogP contribution in [-0.2, 0) is 0 Å². The Morgan fingerprint density at radius 2 is 1.61 bits per heavy atom. The van der Waals surface area contributed by atoms with Gasteiger partial charge in [-0.15, -0.1) is 4.98 Å². The van der Waals surface area contributed by atoms with Crippen LogP contribution in [0.1, 0.15) is 0 Å². The largest absolute Gasteiger partial charge is 0.506 e. The third kappa shape index (κ3) is 2.57. The molecule has 0 amide bonds. The second-order valence-corrected chi connectivity index (χ2v) is 3.27. The number of para-hydroxylation sites is 2. The van der Waals surface area contributed by atoms with E-state index < -0.39 is 0 Å². The third-order valence-electron chi connectivity index (χ3n) is 2.11. The summed E-state index contributed by atoms with van der Waals surface area (Å²) in [6.07, 6.45) is 0. The van der Waals surface area contributed by atoms with Gasteiger partial charge in [-0.25, -0.2) is 0 Å². The topological polar surface area (TPSA) is 89.4 Å². The summed E-state index contributed by atoms with van der Waals surface area (Å²) in [7, 11) is 2.89. The quantitative estimate of drug-likeness (QED) is 0.789. The van der Waals surface area contributed by atoms with Gasteiger partial charge in [0, 0.05) is 0 Å². The van der Waals surface area contributed by atoms with Gasteiger partial charge in [0.05, 0.1) is 19.9 Å². The summed E-state index contributed by atoms with van der Waals surface area (Å²) in [5.41, 5.74) is 0.479. The first kappa shape index (κ1) is 11.9. The number of aromatic nitrogens is 3. The zero-order valence-corrected chi connectivity index (χ0v) is 9.91. The molecule has 0 aliphatic carbocycles. The number of aromatic hydroxyl groups is 1. The molecule has 2 rings (SSSR count). The number of phenols is 1. The van der Waals surface area contributed by atoms with Gasteiger partial charge in [-0.3, -0.25) is 0 Å². The van der Waals surface area contributed by atoms with Gasteiger partial charge >= 0.3 is 12.0 Å². The van der Waals surface area contributed by atoms with Crippen LogP contribution in [0.4, 0.5) is 11.6 Å². The number of phenolic OH excluding ortho intramolecular Hbond substituents is 1. The molecule has 0 fully saturated rings. The van der Waals surface area contributed by atoms with E-state index in [4.69, 9.17) is 9.47 Å². The van der Waals surface area contributed by atoms with Gasteiger partial charge in [-0.1, -0.05) is 12.1 Å². The lowest BCUT2D eigenvalue weighted by atomic mass is 10.3. The molecule has 7 nitrogen and oxygen atoms in total. The Labute approximate surface area is 103 Å². The molecule has 18 heavy (non-hydrogen) atoms. The zero-order chi connectivity index (χ0) is 13.0. The number of anilines is 2. The van der Waals surface area contributed by atoms with Crippen LogP contribution in [0.2, 0.25) is 0 Å². The molecule has 0 saturated heterocycles. The lowest BCUT2D eigenvalue weighted by Gasteiger charge is -2.08. The Bertz CT molecular complexity index is 525. The summed E-state index contributed by atoms with van der Waals surface area (Å²) in [5, 5.41) is 12.5. The molecule has 0 atom stereocenters. The lowest BCUT2D eigenvalue weighted by Crippen LogP contribution is -2.03. The molecule has 1 aromatic carbocycles. The van der Waals surface area contributed by atoms with Crippen LogP contribution in [0.3, 0.4) is 0 Å². The van der Waals surface area contributed by atoms with Crippen LogP contribution < -0.4 is 14.8 Å². The standard InChI is InChI=1S/C11H12N4O3/c1-17-10-13-9(14-11(15-10)18-2)12-7-5-3-4-6-8(7)16/h3-6,16H,1-2H3,(H,12,13,14,15). The number of nitrogens with zero attached hydrogens (tertiary/aromatic N) is 3. The fraction of sp³-hybridized carbons (Fsp3) is 0.182. The van der Waals surface area contributed by atoms with Gasteiger partial charge in [-0.2, -0.15) is 9.97 Å². The van der Waals surface area contributed by atoms with Crippen molar-refractivity contribution in [3.05, 3.63) is 24.3 Å². The fourth-order valence-corrected chi connectivity index (χ4v) is 1.28. The molecule has 0 unspecified atom stereocenters. The zero-order valence-electron chi connectivity index (χ0n) is 9.91. The van der Waals surface area contributed by atoms with Crippen molar-refractivity contribution < 1.29 is 14.6 Å². The second kappa shape index (κ2) is 5.17. The van der Waals surface area contributed by atoms with E-state index in [0.29, 0.717) is 5.69 Å². The maximum Gasteiger partial charge on any atom is 0.324 e. The summed E-state index contributed by atoms with van der Waals surface area (Å²) >= 11 is 0. The minimum atomic E-state index is 0.0934. The van der Waals surface area contributed by atoms with Crippen molar-refractivity contribution in [1.29, 1.82) is 0 Å². The number of nitrogens with one attached hydrogen (secondary N) is 1. The third-order valence-corrected chi connectivity index (χ3v) is 2.11. The summed E-state index contributed by atoms with van der Waals surface area (Å²) in [6, 6.07) is 6.99. The smallest absolute Gasteiger partial charge is 0.324 e. The molecule has 2 aromatic rings. The minimum Gasteiger partial charge on any atom is -0.506 e. The van der Waals surface area contributed by atoms with E-state index in [1.54, 1.807) is 24.3 Å². The van der Waals surface area contributed by atoms with E-state index >= 15 is 0 Å². The van der Waals surface area contributed by atoms with Gasteiger partial charge in [0.2, 0.25) is 5.95 Å². The number of benzene rings is 1.